The highest BCUT2D eigenvalue weighted by Crippen LogP contribution is 2.26. The number of likely N-dealkylation sites (N-methyl/N-ethyl adjacent to an activating group) is 1. The number of nitriles is 1. The molecule has 1 rings (SSSR count). The lowest BCUT2D eigenvalue weighted by molar-refractivity contribution is -0.131. The smallest absolute Gasteiger partial charge is 0.309 e. The summed E-state index contributed by atoms with van der Waals surface area (Å²) < 4.78 is 0. The molecule has 1 fully saturated rings. The number of carbonyl (C=O) groups excluding carboxylic acids is 2. The van der Waals surface area contributed by atoms with Gasteiger partial charge in [-0.3, -0.25) is 9.69 Å². The average Bonchev–Trinajstić information content (AvgIpc) is 2.27. The zero-order chi connectivity index (χ0) is 10.9. The van der Waals surface area contributed by atoms with Crippen molar-refractivity contribution in [1.82, 2.24) is 9.80 Å². The van der Waals surface area contributed by atoms with E-state index in [9.17, 15) is 9.59 Å². The Kier molecular flexibility index (Phi) is 2.47. The molecular weight excluding hydrogens is 182 g/mol. The maximum atomic E-state index is 11.6. The fourth-order valence-electron chi connectivity index (χ4n) is 1.57. The SMILES string of the molecule is CN1C(=O)N(CCC#N)C(C)(C)C1=O. The zero-order valence-electron chi connectivity index (χ0n) is 8.57. The summed E-state index contributed by atoms with van der Waals surface area (Å²) in [5, 5.41) is 8.43. The minimum atomic E-state index is -0.817. The predicted octanol–water partition coefficient (Wildman–Crippen LogP) is 0.573. The van der Waals surface area contributed by atoms with Crippen molar-refractivity contribution in [2.75, 3.05) is 13.6 Å². The quantitative estimate of drug-likeness (QED) is 0.605. The topological polar surface area (TPSA) is 64.4 Å². The van der Waals surface area contributed by atoms with Crippen LogP contribution in [0.2, 0.25) is 0 Å². The number of amides is 3. The Balaban J connectivity index is 2.90. The van der Waals surface area contributed by atoms with Gasteiger partial charge in [0.05, 0.1) is 12.5 Å². The molecule has 14 heavy (non-hydrogen) atoms. The Morgan fingerprint density at radius 1 is 1.43 bits per heavy atom. The molecule has 0 aromatic carbocycles. The van der Waals surface area contributed by atoms with E-state index in [1.165, 1.54) is 11.9 Å². The van der Waals surface area contributed by atoms with Gasteiger partial charge in [-0.2, -0.15) is 5.26 Å². The van der Waals surface area contributed by atoms with Crippen LogP contribution in [0.4, 0.5) is 4.79 Å². The molecule has 1 aliphatic heterocycles. The van der Waals surface area contributed by atoms with Crippen LogP contribution >= 0.6 is 0 Å². The van der Waals surface area contributed by atoms with Crippen molar-refractivity contribution >= 4 is 11.9 Å². The first-order valence-electron chi connectivity index (χ1n) is 4.39. The van der Waals surface area contributed by atoms with E-state index in [2.05, 4.69) is 0 Å². The van der Waals surface area contributed by atoms with Crippen molar-refractivity contribution in [2.24, 2.45) is 0 Å². The molecule has 1 aliphatic rings. The number of hydrogen-bond donors (Lipinski definition) is 0. The summed E-state index contributed by atoms with van der Waals surface area (Å²) in [6.45, 7) is 3.68. The van der Waals surface area contributed by atoms with Crippen LogP contribution in [0.1, 0.15) is 20.3 Å². The molecule has 1 saturated heterocycles. The fourth-order valence-corrected chi connectivity index (χ4v) is 1.57. The molecule has 1 heterocycles. The normalized spacial score (nSPS) is 20.1. The molecule has 0 aliphatic carbocycles. The van der Waals surface area contributed by atoms with Crippen LogP contribution in [0.5, 0.6) is 0 Å². The number of urea groups is 1. The molecule has 0 saturated carbocycles. The van der Waals surface area contributed by atoms with Crippen molar-refractivity contribution in [1.29, 1.82) is 5.26 Å². The van der Waals surface area contributed by atoms with Gasteiger partial charge in [0.1, 0.15) is 5.54 Å². The average molecular weight is 195 g/mol. The second-order valence-corrected chi connectivity index (χ2v) is 3.77. The van der Waals surface area contributed by atoms with Gasteiger partial charge in [-0.1, -0.05) is 0 Å². The van der Waals surface area contributed by atoms with Crippen molar-refractivity contribution in [3.05, 3.63) is 0 Å². The Hall–Kier alpha value is -1.57. The van der Waals surface area contributed by atoms with Gasteiger partial charge in [-0.15, -0.1) is 0 Å². The van der Waals surface area contributed by atoms with E-state index >= 15 is 0 Å². The van der Waals surface area contributed by atoms with E-state index in [1.54, 1.807) is 13.8 Å². The van der Waals surface area contributed by atoms with E-state index in [-0.39, 0.29) is 18.4 Å². The van der Waals surface area contributed by atoms with E-state index in [1.807, 2.05) is 6.07 Å². The molecule has 5 nitrogen and oxygen atoms in total. The van der Waals surface area contributed by atoms with Crippen molar-refractivity contribution in [3.63, 3.8) is 0 Å². The van der Waals surface area contributed by atoms with Crippen LogP contribution in [-0.4, -0.2) is 40.9 Å². The molecule has 0 aromatic heterocycles. The molecule has 0 unspecified atom stereocenters. The van der Waals surface area contributed by atoms with Crippen LogP contribution in [0.15, 0.2) is 0 Å². The van der Waals surface area contributed by atoms with Gasteiger partial charge in [0.15, 0.2) is 0 Å². The van der Waals surface area contributed by atoms with Gasteiger partial charge < -0.3 is 4.90 Å². The van der Waals surface area contributed by atoms with Gasteiger partial charge in [0, 0.05) is 13.6 Å². The summed E-state index contributed by atoms with van der Waals surface area (Å²) in [4.78, 5) is 25.7. The molecule has 3 amide bonds. The second kappa shape index (κ2) is 3.29. The van der Waals surface area contributed by atoms with Gasteiger partial charge in [0.25, 0.3) is 5.91 Å². The molecular formula is C9H13N3O2. The fraction of sp³-hybridized carbons (Fsp3) is 0.667. The molecule has 5 heteroatoms. The first-order chi connectivity index (χ1) is 6.42. The largest absolute Gasteiger partial charge is 0.327 e. The standard InChI is InChI=1S/C9H13N3O2/c1-9(2)7(13)11(3)8(14)12(9)6-4-5-10/h4,6H2,1-3H3. The maximum Gasteiger partial charge on any atom is 0.327 e. The Bertz CT molecular complexity index is 317. The monoisotopic (exact) mass is 195 g/mol. The third-order valence-corrected chi connectivity index (χ3v) is 2.47. The lowest BCUT2D eigenvalue weighted by Crippen LogP contribution is -2.44. The number of nitrogens with zero attached hydrogens (tertiary/aromatic N) is 3. The number of carbonyl (C=O) groups is 2. The van der Waals surface area contributed by atoms with Crippen LogP contribution in [-0.2, 0) is 4.79 Å². The summed E-state index contributed by atoms with van der Waals surface area (Å²) >= 11 is 0. The van der Waals surface area contributed by atoms with E-state index in [0.29, 0.717) is 6.54 Å². The summed E-state index contributed by atoms with van der Waals surface area (Å²) in [7, 11) is 1.46. The lowest BCUT2D eigenvalue weighted by atomic mass is 10.0. The minimum Gasteiger partial charge on any atom is -0.309 e. The number of imide groups is 1. The molecule has 0 atom stereocenters. The van der Waals surface area contributed by atoms with Crippen LogP contribution in [0.25, 0.3) is 0 Å². The van der Waals surface area contributed by atoms with Gasteiger partial charge in [-0.05, 0) is 13.8 Å². The summed E-state index contributed by atoms with van der Waals surface area (Å²) in [5.41, 5.74) is -0.817. The van der Waals surface area contributed by atoms with E-state index in [4.69, 9.17) is 5.26 Å². The highest BCUT2D eigenvalue weighted by atomic mass is 16.2. The third kappa shape index (κ3) is 1.33. The molecule has 76 valence electrons. The molecule has 0 bridgehead atoms. The highest BCUT2D eigenvalue weighted by molar-refractivity contribution is 6.06. The van der Waals surface area contributed by atoms with Crippen LogP contribution < -0.4 is 0 Å². The summed E-state index contributed by atoms with van der Waals surface area (Å²) in [5.74, 6) is -0.222. The first kappa shape index (κ1) is 10.5. The highest BCUT2D eigenvalue weighted by Gasteiger charge is 2.48. The van der Waals surface area contributed by atoms with E-state index < -0.39 is 5.54 Å². The zero-order valence-corrected chi connectivity index (χ0v) is 8.57. The molecule has 0 N–H and O–H groups in total. The summed E-state index contributed by atoms with van der Waals surface area (Å²) in [6.07, 6.45) is 0.246. The Labute approximate surface area is 82.9 Å². The minimum absolute atomic E-state index is 0.222. The van der Waals surface area contributed by atoms with Gasteiger partial charge in [0.2, 0.25) is 0 Å². The van der Waals surface area contributed by atoms with E-state index in [0.717, 1.165) is 4.90 Å². The van der Waals surface area contributed by atoms with Crippen molar-refractivity contribution in [2.45, 2.75) is 25.8 Å². The molecule has 0 radical (unpaired) electrons. The van der Waals surface area contributed by atoms with Crippen molar-refractivity contribution in [3.8, 4) is 6.07 Å². The van der Waals surface area contributed by atoms with Gasteiger partial charge in [-0.25, -0.2) is 4.79 Å². The molecule has 0 aromatic rings. The first-order valence-corrected chi connectivity index (χ1v) is 4.39. The molecule has 0 spiro atoms. The third-order valence-electron chi connectivity index (χ3n) is 2.47. The second-order valence-electron chi connectivity index (χ2n) is 3.77. The summed E-state index contributed by atoms with van der Waals surface area (Å²) in [6, 6.07) is 1.64. The van der Waals surface area contributed by atoms with Crippen molar-refractivity contribution < 1.29 is 9.59 Å². The Morgan fingerprint density at radius 3 is 2.36 bits per heavy atom. The Morgan fingerprint density at radius 2 is 2.00 bits per heavy atom. The van der Waals surface area contributed by atoms with Gasteiger partial charge >= 0.3 is 6.03 Å². The number of hydrogen-bond acceptors (Lipinski definition) is 3. The lowest BCUT2D eigenvalue weighted by Gasteiger charge is -2.26. The number of rotatable bonds is 2. The van der Waals surface area contributed by atoms with Crippen LogP contribution in [0, 0.1) is 11.3 Å². The predicted molar refractivity (Wildman–Crippen MR) is 49.2 cm³/mol. The van der Waals surface area contributed by atoms with Crippen LogP contribution in [0.3, 0.4) is 0 Å². The maximum absolute atomic E-state index is 11.6.